The van der Waals surface area contributed by atoms with Gasteiger partial charge in [-0.05, 0) is 66.4 Å². The number of hydrogen-bond donors (Lipinski definition) is 3. The minimum atomic E-state index is -1.21. The minimum absolute atomic E-state index is 0.0389. The Hall–Kier alpha value is -2.18. The van der Waals surface area contributed by atoms with Crippen molar-refractivity contribution < 1.29 is 14.7 Å². The highest BCUT2D eigenvalue weighted by atomic mass is 32.1. The van der Waals surface area contributed by atoms with E-state index in [1.807, 2.05) is 30.7 Å². The fourth-order valence-electron chi connectivity index (χ4n) is 2.24. The largest absolute Gasteiger partial charge is 0.384 e. The Bertz CT molecular complexity index is 688. The molecule has 3 N–H and O–H groups in total. The van der Waals surface area contributed by atoms with Gasteiger partial charge in [0.1, 0.15) is 5.60 Å². The molecule has 1 heterocycles. The van der Waals surface area contributed by atoms with Crippen LogP contribution in [0.25, 0.3) is 0 Å². The summed E-state index contributed by atoms with van der Waals surface area (Å²) in [7, 11) is 0. The lowest BCUT2D eigenvalue weighted by Crippen LogP contribution is -2.43. The summed E-state index contributed by atoms with van der Waals surface area (Å²) in [4.78, 5) is 23.8. The fourth-order valence-corrected chi connectivity index (χ4v) is 3.02. The topological polar surface area (TPSA) is 78.4 Å². The first kappa shape index (κ1) is 17.2. The normalized spacial score (nSPS) is 13.2. The highest BCUT2D eigenvalue weighted by Crippen LogP contribution is 2.22. The third-order valence-corrected chi connectivity index (χ3v) is 4.11. The number of rotatable bonds is 4. The van der Waals surface area contributed by atoms with Crippen molar-refractivity contribution in [3.63, 3.8) is 0 Å². The quantitative estimate of drug-likeness (QED) is 0.752. The number of amides is 2. The van der Waals surface area contributed by atoms with Crippen LogP contribution in [-0.2, 0) is 15.2 Å². The second-order valence-corrected chi connectivity index (χ2v) is 6.58. The van der Waals surface area contributed by atoms with Crippen LogP contribution in [0.2, 0.25) is 0 Å². The SMILES string of the molecule is Cc1cc(C)cc(NC(=O)C(=O)NCC(C)(O)c2ccsc2)c1. The van der Waals surface area contributed by atoms with Gasteiger partial charge in [-0.3, -0.25) is 9.59 Å². The summed E-state index contributed by atoms with van der Waals surface area (Å²) in [6, 6.07) is 7.35. The molecule has 0 aliphatic carbocycles. The lowest BCUT2D eigenvalue weighted by molar-refractivity contribution is -0.136. The predicted octanol–water partition coefficient (Wildman–Crippen LogP) is 2.33. The molecule has 1 unspecified atom stereocenters. The maximum atomic E-state index is 11.9. The third-order valence-electron chi connectivity index (χ3n) is 3.42. The predicted molar refractivity (Wildman–Crippen MR) is 91.4 cm³/mol. The zero-order valence-electron chi connectivity index (χ0n) is 13.3. The zero-order chi connectivity index (χ0) is 17.0. The van der Waals surface area contributed by atoms with Crippen LogP contribution in [0.15, 0.2) is 35.0 Å². The molecule has 0 saturated heterocycles. The molecule has 0 aliphatic heterocycles. The Morgan fingerprint density at radius 2 is 1.83 bits per heavy atom. The zero-order valence-corrected chi connectivity index (χ0v) is 14.2. The molecule has 2 amide bonds. The summed E-state index contributed by atoms with van der Waals surface area (Å²) in [5.41, 5.74) is 2.07. The Morgan fingerprint density at radius 3 is 2.39 bits per heavy atom. The van der Waals surface area contributed by atoms with Crippen LogP contribution in [0.4, 0.5) is 5.69 Å². The van der Waals surface area contributed by atoms with E-state index < -0.39 is 17.4 Å². The van der Waals surface area contributed by atoms with Gasteiger partial charge in [0.15, 0.2) is 0 Å². The van der Waals surface area contributed by atoms with Gasteiger partial charge in [-0.15, -0.1) is 0 Å². The Morgan fingerprint density at radius 1 is 1.17 bits per heavy atom. The molecule has 1 aromatic heterocycles. The van der Waals surface area contributed by atoms with Crippen LogP contribution in [-0.4, -0.2) is 23.5 Å². The van der Waals surface area contributed by atoms with Crippen molar-refractivity contribution in [3.8, 4) is 0 Å². The van der Waals surface area contributed by atoms with E-state index in [2.05, 4.69) is 10.6 Å². The maximum absolute atomic E-state index is 11.9. The average Bonchev–Trinajstić information content (AvgIpc) is 2.98. The molecule has 1 aromatic carbocycles. The third kappa shape index (κ3) is 4.64. The molecule has 0 spiro atoms. The van der Waals surface area contributed by atoms with E-state index in [4.69, 9.17) is 0 Å². The number of thiophene rings is 1. The van der Waals surface area contributed by atoms with Crippen LogP contribution in [0, 0.1) is 13.8 Å². The fraction of sp³-hybridized carbons (Fsp3) is 0.294. The molecular formula is C17H20N2O3S. The van der Waals surface area contributed by atoms with Crippen molar-refractivity contribution >= 4 is 28.8 Å². The minimum Gasteiger partial charge on any atom is -0.384 e. The Balaban J connectivity index is 1.94. The van der Waals surface area contributed by atoms with Gasteiger partial charge in [-0.1, -0.05) is 6.07 Å². The molecule has 5 nitrogen and oxygen atoms in total. The van der Waals surface area contributed by atoms with Gasteiger partial charge >= 0.3 is 11.8 Å². The van der Waals surface area contributed by atoms with Crippen molar-refractivity contribution in [1.29, 1.82) is 0 Å². The van der Waals surface area contributed by atoms with E-state index in [1.54, 1.807) is 25.1 Å². The van der Waals surface area contributed by atoms with Crippen molar-refractivity contribution in [2.24, 2.45) is 0 Å². The van der Waals surface area contributed by atoms with Crippen LogP contribution < -0.4 is 10.6 Å². The van der Waals surface area contributed by atoms with Crippen molar-refractivity contribution in [2.45, 2.75) is 26.4 Å². The number of benzene rings is 1. The summed E-state index contributed by atoms with van der Waals surface area (Å²) in [5.74, 6) is -1.53. The molecule has 2 aromatic rings. The molecule has 0 radical (unpaired) electrons. The molecule has 122 valence electrons. The van der Waals surface area contributed by atoms with Gasteiger partial charge in [0.05, 0.1) is 6.54 Å². The van der Waals surface area contributed by atoms with Crippen LogP contribution in [0.3, 0.4) is 0 Å². The second kappa shape index (κ2) is 6.93. The number of carbonyl (C=O) groups is 2. The molecule has 0 fully saturated rings. The molecule has 6 heteroatoms. The highest BCUT2D eigenvalue weighted by molar-refractivity contribution is 7.08. The molecule has 1 atom stereocenters. The first-order valence-electron chi connectivity index (χ1n) is 7.20. The average molecular weight is 332 g/mol. The smallest absolute Gasteiger partial charge is 0.313 e. The number of carbonyl (C=O) groups excluding carboxylic acids is 2. The van der Waals surface area contributed by atoms with E-state index >= 15 is 0 Å². The van der Waals surface area contributed by atoms with E-state index in [0.29, 0.717) is 11.3 Å². The van der Waals surface area contributed by atoms with Gasteiger partial charge in [-0.25, -0.2) is 0 Å². The number of anilines is 1. The van der Waals surface area contributed by atoms with Gasteiger partial charge in [0.25, 0.3) is 0 Å². The van der Waals surface area contributed by atoms with Gasteiger partial charge in [0, 0.05) is 5.69 Å². The first-order valence-corrected chi connectivity index (χ1v) is 8.15. The lowest BCUT2D eigenvalue weighted by Gasteiger charge is -2.22. The van der Waals surface area contributed by atoms with Gasteiger partial charge in [0.2, 0.25) is 0 Å². The lowest BCUT2D eigenvalue weighted by atomic mass is 9.99. The molecule has 23 heavy (non-hydrogen) atoms. The molecule has 0 saturated carbocycles. The summed E-state index contributed by atoms with van der Waals surface area (Å²) < 4.78 is 0. The van der Waals surface area contributed by atoms with Crippen molar-refractivity contribution in [1.82, 2.24) is 5.32 Å². The van der Waals surface area contributed by atoms with E-state index in [0.717, 1.165) is 11.1 Å². The first-order chi connectivity index (χ1) is 10.8. The van der Waals surface area contributed by atoms with Gasteiger partial charge in [-0.2, -0.15) is 11.3 Å². The number of hydrogen-bond acceptors (Lipinski definition) is 4. The van der Waals surface area contributed by atoms with Crippen molar-refractivity contribution in [2.75, 3.05) is 11.9 Å². The van der Waals surface area contributed by atoms with Crippen molar-refractivity contribution in [3.05, 3.63) is 51.7 Å². The van der Waals surface area contributed by atoms with Crippen LogP contribution in [0.1, 0.15) is 23.6 Å². The second-order valence-electron chi connectivity index (χ2n) is 5.80. The summed E-state index contributed by atoms with van der Waals surface area (Å²) in [5, 5.41) is 19.0. The monoisotopic (exact) mass is 332 g/mol. The number of nitrogens with one attached hydrogen (secondary N) is 2. The number of aryl methyl sites for hydroxylation is 2. The highest BCUT2D eigenvalue weighted by Gasteiger charge is 2.25. The maximum Gasteiger partial charge on any atom is 0.313 e. The van der Waals surface area contributed by atoms with E-state index in [9.17, 15) is 14.7 Å². The summed E-state index contributed by atoms with van der Waals surface area (Å²) >= 11 is 1.46. The van der Waals surface area contributed by atoms with E-state index in [-0.39, 0.29) is 6.54 Å². The van der Waals surface area contributed by atoms with E-state index in [1.165, 1.54) is 11.3 Å². The molecule has 0 bridgehead atoms. The molecular weight excluding hydrogens is 312 g/mol. The molecule has 2 rings (SSSR count). The molecule has 0 aliphatic rings. The standard InChI is InChI=1S/C17H20N2O3S/c1-11-6-12(2)8-14(7-11)19-16(21)15(20)18-10-17(3,22)13-4-5-23-9-13/h4-9,22H,10H2,1-3H3,(H,18,20)(H,19,21). The van der Waals surface area contributed by atoms with Crippen LogP contribution in [0.5, 0.6) is 0 Å². The Labute approximate surface area is 139 Å². The Kier molecular flexibility index (Phi) is 5.18. The number of aliphatic hydroxyl groups is 1. The summed E-state index contributed by atoms with van der Waals surface area (Å²) in [6.07, 6.45) is 0. The van der Waals surface area contributed by atoms with Gasteiger partial charge < -0.3 is 15.7 Å². The van der Waals surface area contributed by atoms with Crippen LogP contribution >= 0.6 is 11.3 Å². The summed E-state index contributed by atoms with van der Waals surface area (Å²) in [6.45, 7) is 5.39.